The van der Waals surface area contributed by atoms with E-state index in [-0.39, 0.29) is 18.5 Å². The zero-order chi connectivity index (χ0) is 24.7. The van der Waals surface area contributed by atoms with Gasteiger partial charge < -0.3 is 10.6 Å². The lowest BCUT2D eigenvalue weighted by Gasteiger charge is -2.39. The van der Waals surface area contributed by atoms with Crippen molar-refractivity contribution in [2.24, 2.45) is 11.8 Å². The predicted octanol–water partition coefficient (Wildman–Crippen LogP) is 6.15. The van der Waals surface area contributed by atoms with Gasteiger partial charge in [0.15, 0.2) is 0 Å². The van der Waals surface area contributed by atoms with Crippen LogP contribution in [0.1, 0.15) is 65.7 Å². The Balaban J connectivity index is 1.46. The van der Waals surface area contributed by atoms with Crippen molar-refractivity contribution in [2.45, 2.75) is 64.2 Å². The lowest BCUT2D eigenvalue weighted by molar-refractivity contribution is -0.137. The van der Waals surface area contributed by atoms with Crippen molar-refractivity contribution < 1.29 is 18.0 Å². The molecule has 35 heavy (non-hydrogen) atoms. The number of carbonyl (C=O) groups excluding carboxylic acids is 1. The third-order valence-corrected chi connectivity index (χ3v) is 7.74. The molecule has 2 fully saturated rings. The first-order valence-electron chi connectivity index (χ1n) is 12.2. The summed E-state index contributed by atoms with van der Waals surface area (Å²) in [6, 6.07) is 9.73. The van der Waals surface area contributed by atoms with Crippen LogP contribution in [0.15, 0.2) is 42.6 Å². The molecule has 2 aliphatic rings. The molecular formula is C27H29F3N4O. The van der Waals surface area contributed by atoms with Crippen molar-refractivity contribution in [3.8, 4) is 0 Å². The number of carbonyl (C=O) groups is 1. The van der Waals surface area contributed by atoms with Crippen LogP contribution in [-0.2, 0) is 12.7 Å². The topological polar surface area (TPSA) is 72.1 Å². The maximum atomic E-state index is 13.8. The van der Waals surface area contributed by atoms with E-state index in [1.807, 2.05) is 24.0 Å². The minimum atomic E-state index is -4.44. The molecule has 0 aliphatic heterocycles. The van der Waals surface area contributed by atoms with Crippen molar-refractivity contribution in [1.82, 2.24) is 14.9 Å². The number of hydrogen-bond donors (Lipinski definition) is 1. The number of aryl methyl sites for hydroxylation is 1. The number of aromatic nitrogens is 2. The zero-order valence-electron chi connectivity index (χ0n) is 19.7. The van der Waals surface area contributed by atoms with Gasteiger partial charge in [0.05, 0.1) is 23.3 Å². The second kappa shape index (κ2) is 9.13. The number of pyridine rings is 2. The Labute approximate surface area is 202 Å². The van der Waals surface area contributed by atoms with Gasteiger partial charge in [-0.25, -0.2) is 4.98 Å². The number of anilines is 1. The Hall–Kier alpha value is -3.16. The van der Waals surface area contributed by atoms with Crippen molar-refractivity contribution in [3.63, 3.8) is 0 Å². The highest BCUT2D eigenvalue weighted by atomic mass is 19.4. The molecule has 5 rings (SSSR count). The highest BCUT2D eigenvalue weighted by Crippen LogP contribution is 2.44. The van der Waals surface area contributed by atoms with Crippen LogP contribution in [0.2, 0.25) is 0 Å². The summed E-state index contributed by atoms with van der Waals surface area (Å²) in [5, 5.41) is 0.828. The number of nitrogens with two attached hydrogens (primary N) is 1. The third-order valence-electron chi connectivity index (χ3n) is 7.74. The second-order valence-corrected chi connectivity index (χ2v) is 9.98. The highest BCUT2D eigenvalue weighted by Gasteiger charge is 2.38. The van der Waals surface area contributed by atoms with E-state index in [0.29, 0.717) is 28.5 Å². The molecule has 0 radical (unpaired) electrons. The van der Waals surface area contributed by atoms with Crippen molar-refractivity contribution in [1.29, 1.82) is 0 Å². The molecule has 2 saturated carbocycles. The van der Waals surface area contributed by atoms with Gasteiger partial charge in [0.1, 0.15) is 5.82 Å². The van der Waals surface area contributed by atoms with Crippen LogP contribution in [0, 0.1) is 18.8 Å². The van der Waals surface area contributed by atoms with Gasteiger partial charge in [0.25, 0.3) is 5.91 Å². The van der Waals surface area contributed by atoms with Gasteiger partial charge in [0.2, 0.25) is 0 Å². The standard InChI is InChI=1S/C27H29F3N4O/c1-16-11-20-12-19(6-10-24(20)33-25(16)31)26(35)34(23-9-5-17-3-2-4-18(17)13-23)15-22-8-7-21(14-32-22)27(28,29)30/h6-8,10-12,14,17-18,23H,2-5,9,13,15H2,1H3,(H2,31,33)/t17-,18-,23-/m1/s1. The minimum Gasteiger partial charge on any atom is -0.383 e. The summed E-state index contributed by atoms with van der Waals surface area (Å²) in [6.07, 6.45) is 3.00. The summed E-state index contributed by atoms with van der Waals surface area (Å²) in [6.45, 7) is 2.05. The number of nitrogens with zero attached hydrogens (tertiary/aromatic N) is 3. The lowest BCUT2D eigenvalue weighted by atomic mass is 9.78. The van der Waals surface area contributed by atoms with E-state index in [9.17, 15) is 18.0 Å². The number of benzene rings is 1. The van der Waals surface area contributed by atoms with E-state index in [1.165, 1.54) is 25.3 Å². The number of rotatable bonds is 4. The van der Waals surface area contributed by atoms with Crippen LogP contribution < -0.4 is 5.73 Å². The Morgan fingerprint density at radius 3 is 2.63 bits per heavy atom. The normalized spacial score (nSPS) is 22.2. The van der Waals surface area contributed by atoms with Crippen molar-refractivity contribution in [2.75, 3.05) is 5.73 Å². The maximum Gasteiger partial charge on any atom is 0.417 e. The van der Waals surface area contributed by atoms with Gasteiger partial charge in [0, 0.05) is 23.2 Å². The highest BCUT2D eigenvalue weighted by molar-refractivity contribution is 5.98. The number of alkyl halides is 3. The van der Waals surface area contributed by atoms with Crippen LogP contribution in [-0.4, -0.2) is 26.8 Å². The molecule has 2 aliphatic carbocycles. The molecule has 0 unspecified atom stereocenters. The zero-order valence-corrected chi connectivity index (χ0v) is 19.7. The number of amides is 1. The summed E-state index contributed by atoms with van der Waals surface area (Å²) >= 11 is 0. The fourth-order valence-corrected chi connectivity index (χ4v) is 5.78. The van der Waals surface area contributed by atoms with Crippen LogP contribution in [0.4, 0.5) is 19.0 Å². The molecule has 0 spiro atoms. The quantitative estimate of drug-likeness (QED) is 0.484. The average Bonchev–Trinajstić information content (AvgIpc) is 3.30. The van der Waals surface area contributed by atoms with E-state index < -0.39 is 11.7 Å². The molecule has 0 bridgehead atoms. The molecule has 2 aromatic heterocycles. The summed E-state index contributed by atoms with van der Waals surface area (Å²) in [5.74, 6) is 1.66. The minimum absolute atomic E-state index is 0.0351. The SMILES string of the molecule is Cc1cc2cc(C(=O)N(Cc3ccc(C(F)(F)F)cn3)[C@@H]3CC[C@H]4CCC[C@@H]4C3)ccc2nc1N. The fourth-order valence-electron chi connectivity index (χ4n) is 5.78. The molecule has 8 heteroatoms. The molecule has 2 N–H and O–H groups in total. The largest absolute Gasteiger partial charge is 0.417 e. The predicted molar refractivity (Wildman–Crippen MR) is 128 cm³/mol. The molecule has 184 valence electrons. The molecule has 0 saturated heterocycles. The number of nitrogen functional groups attached to an aromatic ring is 1. The number of fused-ring (bicyclic) bond motifs is 2. The second-order valence-electron chi connectivity index (χ2n) is 9.98. The first kappa shape index (κ1) is 23.6. The molecular weight excluding hydrogens is 453 g/mol. The van der Waals surface area contributed by atoms with Gasteiger partial charge in [-0.2, -0.15) is 13.2 Å². The molecule has 3 aromatic rings. The van der Waals surface area contributed by atoms with Crippen LogP contribution in [0.5, 0.6) is 0 Å². The summed E-state index contributed by atoms with van der Waals surface area (Å²) in [7, 11) is 0. The summed E-state index contributed by atoms with van der Waals surface area (Å²) in [5.41, 5.74) is 7.68. The van der Waals surface area contributed by atoms with Gasteiger partial charge in [-0.05, 0) is 80.0 Å². The third kappa shape index (κ3) is 4.83. The van der Waals surface area contributed by atoms with Gasteiger partial charge in [-0.15, -0.1) is 0 Å². The van der Waals surface area contributed by atoms with E-state index in [1.54, 1.807) is 12.1 Å². The summed E-state index contributed by atoms with van der Waals surface area (Å²) < 4.78 is 39.0. The molecule has 5 nitrogen and oxygen atoms in total. The smallest absolute Gasteiger partial charge is 0.383 e. The Kier molecular flexibility index (Phi) is 6.15. The average molecular weight is 483 g/mol. The van der Waals surface area contributed by atoms with Gasteiger partial charge in [-0.1, -0.05) is 19.3 Å². The molecule has 1 aromatic carbocycles. The molecule has 1 amide bonds. The maximum absolute atomic E-state index is 13.8. The number of halogens is 3. The molecule has 3 atom stereocenters. The lowest BCUT2D eigenvalue weighted by Crippen LogP contribution is -2.43. The Bertz CT molecular complexity index is 1240. The van der Waals surface area contributed by atoms with Crippen molar-refractivity contribution in [3.05, 3.63) is 65.0 Å². The van der Waals surface area contributed by atoms with Gasteiger partial charge in [-0.3, -0.25) is 9.78 Å². The van der Waals surface area contributed by atoms with Crippen LogP contribution in [0.3, 0.4) is 0 Å². The summed E-state index contributed by atoms with van der Waals surface area (Å²) in [4.78, 5) is 24.1. The van der Waals surface area contributed by atoms with E-state index >= 15 is 0 Å². The molecule has 2 heterocycles. The van der Waals surface area contributed by atoms with Crippen LogP contribution >= 0.6 is 0 Å². The van der Waals surface area contributed by atoms with E-state index in [4.69, 9.17) is 5.73 Å². The van der Waals surface area contributed by atoms with Crippen molar-refractivity contribution >= 4 is 22.6 Å². The number of hydrogen-bond acceptors (Lipinski definition) is 4. The Morgan fingerprint density at radius 1 is 1.09 bits per heavy atom. The van der Waals surface area contributed by atoms with E-state index in [0.717, 1.165) is 48.4 Å². The van der Waals surface area contributed by atoms with Crippen LogP contribution in [0.25, 0.3) is 10.9 Å². The first-order valence-corrected chi connectivity index (χ1v) is 12.2. The van der Waals surface area contributed by atoms with E-state index in [2.05, 4.69) is 9.97 Å². The first-order chi connectivity index (χ1) is 16.7. The fraction of sp³-hybridized carbons (Fsp3) is 0.444. The monoisotopic (exact) mass is 482 g/mol. The van der Waals surface area contributed by atoms with Gasteiger partial charge >= 0.3 is 6.18 Å². The Morgan fingerprint density at radius 2 is 1.89 bits per heavy atom.